The van der Waals surface area contributed by atoms with E-state index >= 15 is 0 Å². The first-order valence-electron chi connectivity index (χ1n) is 4.70. The Bertz CT molecular complexity index is 376. The lowest BCUT2D eigenvalue weighted by Crippen LogP contribution is -2.15. The van der Waals surface area contributed by atoms with Gasteiger partial charge in [0.25, 0.3) is 0 Å². The van der Waals surface area contributed by atoms with Crippen LogP contribution in [0.4, 0.5) is 0 Å². The molecule has 0 fully saturated rings. The van der Waals surface area contributed by atoms with Gasteiger partial charge < -0.3 is 5.32 Å². The fourth-order valence-corrected chi connectivity index (χ4v) is 4.36. The maximum Gasteiger partial charge on any atom is 0.0758 e. The third kappa shape index (κ3) is 3.92. The van der Waals surface area contributed by atoms with E-state index in [1.807, 2.05) is 14.0 Å². The van der Waals surface area contributed by atoms with Gasteiger partial charge in [0, 0.05) is 12.5 Å². The van der Waals surface area contributed by atoms with Crippen LogP contribution in [0.3, 0.4) is 0 Å². The zero-order valence-electron chi connectivity index (χ0n) is 8.73. The third-order valence-electron chi connectivity index (χ3n) is 2.14. The van der Waals surface area contributed by atoms with Crippen LogP contribution >= 0.6 is 43.2 Å². The lowest BCUT2D eigenvalue weighted by Gasteiger charge is -2.13. The molecule has 1 rings (SSSR count). The average Bonchev–Trinajstić information content (AvgIpc) is 2.53. The molecule has 0 spiro atoms. The van der Waals surface area contributed by atoms with Gasteiger partial charge >= 0.3 is 0 Å². The van der Waals surface area contributed by atoms with Gasteiger partial charge in [0.2, 0.25) is 0 Å². The van der Waals surface area contributed by atoms with Gasteiger partial charge in [-0.3, -0.25) is 0 Å². The Hall–Kier alpha value is 0.180. The van der Waals surface area contributed by atoms with Gasteiger partial charge in [-0.1, -0.05) is 0 Å². The lowest BCUT2D eigenvalue weighted by molar-refractivity contribution is 0.558. The molecule has 0 aromatic carbocycles. The van der Waals surface area contributed by atoms with Crippen LogP contribution in [-0.2, 0) is 0 Å². The number of hydrogen-bond acceptors (Lipinski definition) is 2. The molecule has 1 heterocycles. The fraction of sp³-hybridized carbons (Fsp3) is 0.455. The van der Waals surface area contributed by atoms with Crippen LogP contribution in [0.25, 0.3) is 0 Å². The monoisotopic (exact) mass is 349 g/mol. The van der Waals surface area contributed by atoms with E-state index in [1.165, 1.54) is 9.35 Å². The van der Waals surface area contributed by atoms with E-state index in [0.29, 0.717) is 6.04 Å². The summed E-state index contributed by atoms with van der Waals surface area (Å²) in [6.07, 6.45) is 1.97. The van der Waals surface area contributed by atoms with E-state index in [2.05, 4.69) is 55.1 Å². The number of halogens is 2. The zero-order valence-corrected chi connectivity index (χ0v) is 12.7. The SMILES string of the molecule is CC#CCCC(NC)c1cc(Br)sc1Br. The van der Waals surface area contributed by atoms with Crippen molar-refractivity contribution in [3.05, 3.63) is 19.2 Å². The minimum Gasteiger partial charge on any atom is -0.313 e. The van der Waals surface area contributed by atoms with Crippen molar-refractivity contribution in [2.75, 3.05) is 7.05 Å². The van der Waals surface area contributed by atoms with Crippen LogP contribution in [0.15, 0.2) is 13.6 Å². The Kier molecular flexibility index (Phi) is 5.91. The Morgan fingerprint density at radius 1 is 1.53 bits per heavy atom. The molecule has 1 aromatic rings. The van der Waals surface area contributed by atoms with Crippen molar-refractivity contribution in [2.45, 2.75) is 25.8 Å². The molecule has 1 nitrogen and oxygen atoms in total. The maximum atomic E-state index is 3.58. The predicted octanol–water partition coefficient (Wildman–Crippen LogP) is 4.34. The van der Waals surface area contributed by atoms with Gasteiger partial charge in [0.05, 0.1) is 7.57 Å². The van der Waals surface area contributed by atoms with Gasteiger partial charge in [-0.25, -0.2) is 0 Å². The van der Waals surface area contributed by atoms with Gasteiger partial charge in [-0.05, 0) is 63.9 Å². The first kappa shape index (κ1) is 13.2. The lowest BCUT2D eigenvalue weighted by atomic mass is 10.1. The topological polar surface area (TPSA) is 12.0 Å². The smallest absolute Gasteiger partial charge is 0.0758 e. The summed E-state index contributed by atoms with van der Waals surface area (Å²) in [4.78, 5) is 0. The molecule has 0 amide bonds. The molecule has 0 aliphatic rings. The van der Waals surface area contributed by atoms with Gasteiger partial charge in [0.15, 0.2) is 0 Å². The molecule has 0 radical (unpaired) electrons. The number of thiophene rings is 1. The first-order valence-corrected chi connectivity index (χ1v) is 7.11. The van der Waals surface area contributed by atoms with Crippen molar-refractivity contribution in [3.63, 3.8) is 0 Å². The fourth-order valence-electron chi connectivity index (χ4n) is 1.39. The maximum absolute atomic E-state index is 3.58. The average molecular weight is 351 g/mol. The van der Waals surface area contributed by atoms with E-state index in [0.717, 1.165) is 16.6 Å². The molecule has 0 saturated heterocycles. The standard InChI is InChI=1S/C11H13Br2NS/c1-3-4-5-6-9(14-2)8-7-10(12)15-11(8)13/h7,9,14H,5-6H2,1-2H3. The highest BCUT2D eigenvalue weighted by Crippen LogP contribution is 2.36. The Morgan fingerprint density at radius 3 is 2.73 bits per heavy atom. The van der Waals surface area contributed by atoms with Gasteiger partial charge in [-0.2, -0.15) is 0 Å². The van der Waals surface area contributed by atoms with E-state index < -0.39 is 0 Å². The summed E-state index contributed by atoms with van der Waals surface area (Å²) in [5, 5.41) is 3.32. The molecule has 1 N–H and O–H groups in total. The van der Waals surface area contributed by atoms with Crippen LogP contribution in [-0.4, -0.2) is 7.05 Å². The summed E-state index contributed by atoms with van der Waals surface area (Å²) in [7, 11) is 1.99. The molecular weight excluding hydrogens is 338 g/mol. The molecule has 4 heteroatoms. The van der Waals surface area contributed by atoms with Crippen molar-refractivity contribution in [3.8, 4) is 11.8 Å². The molecule has 1 unspecified atom stereocenters. The number of rotatable bonds is 4. The summed E-state index contributed by atoms with van der Waals surface area (Å²) < 4.78 is 2.35. The summed E-state index contributed by atoms with van der Waals surface area (Å²) in [6.45, 7) is 1.88. The Balaban J connectivity index is 2.72. The Labute approximate surface area is 112 Å². The highest BCUT2D eigenvalue weighted by atomic mass is 79.9. The van der Waals surface area contributed by atoms with Gasteiger partial charge in [-0.15, -0.1) is 23.2 Å². The first-order chi connectivity index (χ1) is 7.19. The van der Waals surface area contributed by atoms with Crippen LogP contribution in [0.5, 0.6) is 0 Å². The summed E-state index contributed by atoms with van der Waals surface area (Å²) in [5.74, 6) is 6.02. The highest BCUT2D eigenvalue weighted by molar-refractivity contribution is 9.12. The second-order valence-electron chi connectivity index (χ2n) is 3.09. The van der Waals surface area contributed by atoms with Crippen molar-refractivity contribution in [2.24, 2.45) is 0 Å². The second kappa shape index (κ2) is 6.70. The second-order valence-corrected chi connectivity index (χ2v) is 6.84. The van der Waals surface area contributed by atoms with Crippen LogP contribution in [0.2, 0.25) is 0 Å². The normalized spacial score (nSPS) is 12.0. The number of nitrogens with one attached hydrogen (secondary N) is 1. The largest absolute Gasteiger partial charge is 0.313 e. The zero-order chi connectivity index (χ0) is 11.3. The van der Waals surface area contributed by atoms with Crippen LogP contribution in [0.1, 0.15) is 31.4 Å². The molecule has 0 aliphatic carbocycles. The molecule has 0 aliphatic heterocycles. The molecule has 1 aromatic heterocycles. The Morgan fingerprint density at radius 2 is 2.27 bits per heavy atom. The molecular formula is C11H13Br2NS. The van der Waals surface area contributed by atoms with Crippen molar-refractivity contribution >= 4 is 43.2 Å². The van der Waals surface area contributed by atoms with Crippen molar-refractivity contribution in [1.82, 2.24) is 5.32 Å². The molecule has 0 bridgehead atoms. The molecule has 0 saturated carbocycles. The summed E-state index contributed by atoms with van der Waals surface area (Å²) in [6, 6.07) is 2.54. The van der Waals surface area contributed by atoms with E-state index in [-0.39, 0.29) is 0 Å². The minimum absolute atomic E-state index is 0.378. The van der Waals surface area contributed by atoms with Crippen LogP contribution < -0.4 is 5.32 Å². The minimum atomic E-state index is 0.378. The van der Waals surface area contributed by atoms with Crippen molar-refractivity contribution in [1.29, 1.82) is 0 Å². The van der Waals surface area contributed by atoms with Crippen LogP contribution in [0, 0.1) is 11.8 Å². The highest BCUT2D eigenvalue weighted by Gasteiger charge is 2.14. The van der Waals surface area contributed by atoms with Crippen molar-refractivity contribution < 1.29 is 0 Å². The molecule has 1 atom stereocenters. The quantitative estimate of drug-likeness (QED) is 0.796. The molecule has 15 heavy (non-hydrogen) atoms. The van der Waals surface area contributed by atoms with Gasteiger partial charge in [0.1, 0.15) is 0 Å². The van der Waals surface area contributed by atoms with E-state index in [9.17, 15) is 0 Å². The molecule has 82 valence electrons. The summed E-state index contributed by atoms with van der Waals surface area (Å²) >= 11 is 8.78. The third-order valence-corrected chi connectivity index (χ3v) is 4.53. The number of hydrogen-bond donors (Lipinski definition) is 1. The van der Waals surface area contributed by atoms with E-state index in [4.69, 9.17) is 0 Å². The van der Waals surface area contributed by atoms with E-state index in [1.54, 1.807) is 11.3 Å². The summed E-state index contributed by atoms with van der Waals surface area (Å²) in [5.41, 5.74) is 1.31. The predicted molar refractivity (Wildman–Crippen MR) is 74.2 cm³/mol.